The summed E-state index contributed by atoms with van der Waals surface area (Å²) in [7, 11) is 1.47. The zero-order chi connectivity index (χ0) is 23.1. The molecule has 1 heterocycles. The van der Waals surface area contributed by atoms with Crippen molar-refractivity contribution in [1.29, 1.82) is 0 Å². The number of ether oxygens (including phenoxy) is 2. The number of benzene rings is 2. The minimum absolute atomic E-state index is 0.0133. The summed E-state index contributed by atoms with van der Waals surface area (Å²) in [5.41, 5.74) is 0.0880. The van der Waals surface area contributed by atoms with E-state index in [1.54, 1.807) is 4.90 Å². The van der Waals surface area contributed by atoms with E-state index in [0.717, 1.165) is 17.7 Å². The van der Waals surface area contributed by atoms with Crippen molar-refractivity contribution in [2.24, 2.45) is 5.92 Å². The molecule has 2 amide bonds. The van der Waals surface area contributed by atoms with Crippen molar-refractivity contribution in [3.63, 3.8) is 0 Å². The average molecular weight is 450 g/mol. The number of carbonyl (C=O) groups is 2. The zero-order valence-electron chi connectivity index (χ0n) is 17.7. The van der Waals surface area contributed by atoms with Gasteiger partial charge in [0.25, 0.3) is 0 Å². The quantitative estimate of drug-likeness (QED) is 0.591. The minimum Gasteiger partial charge on any atom is -0.489 e. The molecule has 1 aliphatic rings. The second kappa shape index (κ2) is 10.5. The fraction of sp³-hybridized carbons (Fsp3) is 0.391. The van der Waals surface area contributed by atoms with E-state index in [2.05, 4.69) is 5.32 Å². The van der Waals surface area contributed by atoms with E-state index < -0.39 is 23.6 Å². The number of carbonyl (C=O) groups excluding carboxylic acids is 2. The standard InChI is InChI=1S/C23H25F3N2O4/c1-31-11-12-32-20-8-7-18(23(24,25)26)14-19(20)27-22(30)17-13-21(29)28(15-17)10-9-16-5-3-2-4-6-16/h2-8,14,17H,9-13,15H2,1H3,(H,27,30). The highest BCUT2D eigenvalue weighted by atomic mass is 19.4. The van der Waals surface area contributed by atoms with Crippen LogP contribution < -0.4 is 10.1 Å². The Morgan fingerprint density at radius 1 is 1.16 bits per heavy atom. The number of methoxy groups -OCH3 is 1. The second-order valence-electron chi connectivity index (χ2n) is 7.52. The van der Waals surface area contributed by atoms with Crippen LogP contribution in [0.3, 0.4) is 0 Å². The van der Waals surface area contributed by atoms with Crippen molar-refractivity contribution >= 4 is 17.5 Å². The number of rotatable bonds is 9. The molecule has 9 heteroatoms. The van der Waals surface area contributed by atoms with Gasteiger partial charge in [-0.1, -0.05) is 30.3 Å². The maximum absolute atomic E-state index is 13.1. The first-order valence-electron chi connectivity index (χ1n) is 10.2. The SMILES string of the molecule is COCCOc1ccc(C(F)(F)F)cc1NC(=O)C1CC(=O)N(CCc2ccccc2)C1. The number of alkyl halides is 3. The lowest BCUT2D eigenvalue weighted by atomic mass is 10.1. The van der Waals surface area contributed by atoms with Crippen LogP contribution in [0.25, 0.3) is 0 Å². The van der Waals surface area contributed by atoms with Gasteiger partial charge in [0.05, 0.1) is 23.8 Å². The molecule has 1 saturated heterocycles. The van der Waals surface area contributed by atoms with Crippen LogP contribution in [0.2, 0.25) is 0 Å². The van der Waals surface area contributed by atoms with Crippen LogP contribution in [-0.2, 0) is 26.9 Å². The lowest BCUT2D eigenvalue weighted by molar-refractivity contribution is -0.137. The van der Waals surface area contributed by atoms with E-state index in [1.165, 1.54) is 13.2 Å². The first-order valence-corrected chi connectivity index (χ1v) is 10.2. The molecule has 6 nitrogen and oxygen atoms in total. The molecular formula is C23H25F3N2O4. The fourth-order valence-electron chi connectivity index (χ4n) is 3.47. The summed E-state index contributed by atoms with van der Waals surface area (Å²) >= 11 is 0. The van der Waals surface area contributed by atoms with Gasteiger partial charge in [0, 0.05) is 26.6 Å². The van der Waals surface area contributed by atoms with Crippen molar-refractivity contribution in [2.75, 3.05) is 38.7 Å². The number of halogens is 3. The Hall–Kier alpha value is -3.07. The second-order valence-corrected chi connectivity index (χ2v) is 7.52. The number of nitrogens with zero attached hydrogens (tertiary/aromatic N) is 1. The van der Waals surface area contributed by atoms with Crippen molar-refractivity contribution in [1.82, 2.24) is 4.90 Å². The molecule has 0 bridgehead atoms. The summed E-state index contributed by atoms with van der Waals surface area (Å²) in [5.74, 6) is -1.22. The van der Waals surface area contributed by atoms with Crippen LogP contribution in [-0.4, -0.2) is 50.1 Å². The molecule has 2 aromatic rings. The maximum Gasteiger partial charge on any atom is 0.416 e. The van der Waals surface area contributed by atoms with E-state index in [-0.39, 0.29) is 43.5 Å². The predicted octanol–water partition coefficient (Wildman–Crippen LogP) is 3.76. The molecule has 0 radical (unpaired) electrons. The monoisotopic (exact) mass is 450 g/mol. The number of nitrogens with one attached hydrogen (secondary N) is 1. The largest absolute Gasteiger partial charge is 0.489 e. The Morgan fingerprint density at radius 2 is 1.91 bits per heavy atom. The summed E-state index contributed by atoms with van der Waals surface area (Å²) < 4.78 is 49.8. The minimum atomic E-state index is -4.57. The maximum atomic E-state index is 13.1. The van der Waals surface area contributed by atoms with Gasteiger partial charge in [0.1, 0.15) is 12.4 Å². The van der Waals surface area contributed by atoms with E-state index in [9.17, 15) is 22.8 Å². The predicted molar refractivity (Wildman–Crippen MR) is 112 cm³/mol. The Labute approximate surface area is 184 Å². The van der Waals surface area contributed by atoms with Crippen molar-refractivity contribution in [3.05, 3.63) is 59.7 Å². The summed E-state index contributed by atoms with van der Waals surface area (Å²) in [6.07, 6.45) is -3.90. The molecule has 0 aromatic heterocycles. The number of hydrogen-bond donors (Lipinski definition) is 1. The number of amides is 2. The number of hydrogen-bond acceptors (Lipinski definition) is 4. The molecule has 3 rings (SSSR count). The van der Waals surface area contributed by atoms with Gasteiger partial charge >= 0.3 is 6.18 Å². The highest BCUT2D eigenvalue weighted by Gasteiger charge is 2.35. The molecule has 2 aromatic carbocycles. The number of anilines is 1. The van der Waals surface area contributed by atoms with Crippen molar-refractivity contribution in [2.45, 2.75) is 19.0 Å². The topological polar surface area (TPSA) is 67.9 Å². The highest BCUT2D eigenvalue weighted by molar-refractivity contribution is 5.98. The molecular weight excluding hydrogens is 425 g/mol. The third-order valence-corrected chi connectivity index (χ3v) is 5.21. The molecule has 1 aliphatic heterocycles. The summed E-state index contributed by atoms with van der Waals surface area (Å²) in [6, 6.07) is 12.6. The average Bonchev–Trinajstić information content (AvgIpc) is 3.14. The first-order chi connectivity index (χ1) is 15.3. The van der Waals surface area contributed by atoms with Gasteiger partial charge in [0.2, 0.25) is 11.8 Å². The molecule has 0 spiro atoms. The van der Waals surface area contributed by atoms with Crippen LogP contribution in [0.15, 0.2) is 48.5 Å². The van der Waals surface area contributed by atoms with Crippen LogP contribution in [0, 0.1) is 5.92 Å². The first kappa shape index (κ1) is 23.6. The molecule has 1 atom stereocenters. The van der Waals surface area contributed by atoms with Gasteiger partial charge < -0.3 is 19.7 Å². The fourth-order valence-corrected chi connectivity index (χ4v) is 3.47. The van der Waals surface area contributed by atoms with E-state index in [1.807, 2.05) is 30.3 Å². The van der Waals surface area contributed by atoms with Crippen LogP contribution in [0.5, 0.6) is 5.75 Å². The highest BCUT2D eigenvalue weighted by Crippen LogP contribution is 2.35. The van der Waals surface area contributed by atoms with E-state index >= 15 is 0 Å². The van der Waals surface area contributed by atoms with Gasteiger partial charge in [-0.25, -0.2) is 0 Å². The third kappa shape index (κ3) is 6.23. The van der Waals surface area contributed by atoms with Gasteiger partial charge in [-0.2, -0.15) is 13.2 Å². The lowest BCUT2D eigenvalue weighted by Gasteiger charge is -2.18. The molecule has 1 unspecified atom stereocenters. The summed E-state index contributed by atoms with van der Waals surface area (Å²) in [6.45, 7) is 1.04. The Balaban J connectivity index is 1.66. The normalized spacial score (nSPS) is 16.3. The molecule has 0 aliphatic carbocycles. The van der Waals surface area contributed by atoms with Crippen LogP contribution >= 0.6 is 0 Å². The van der Waals surface area contributed by atoms with Gasteiger partial charge in [-0.3, -0.25) is 9.59 Å². The van der Waals surface area contributed by atoms with Gasteiger partial charge in [-0.15, -0.1) is 0 Å². The number of likely N-dealkylation sites (tertiary alicyclic amines) is 1. The van der Waals surface area contributed by atoms with E-state index in [4.69, 9.17) is 9.47 Å². The molecule has 1 fully saturated rings. The Morgan fingerprint density at radius 3 is 2.59 bits per heavy atom. The Kier molecular flexibility index (Phi) is 7.74. The van der Waals surface area contributed by atoms with Crippen LogP contribution in [0.4, 0.5) is 18.9 Å². The van der Waals surface area contributed by atoms with E-state index in [0.29, 0.717) is 13.0 Å². The molecule has 1 N–H and O–H groups in total. The molecule has 32 heavy (non-hydrogen) atoms. The summed E-state index contributed by atoms with van der Waals surface area (Å²) in [5, 5.41) is 2.52. The third-order valence-electron chi connectivity index (χ3n) is 5.21. The zero-order valence-corrected chi connectivity index (χ0v) is 17.7. The van der Waals surface area contributed by atoms with Crippen molar-refractivity contribution < 1.29 is 32.2 Å². The molecule has 172 valence electrons. The van der Waals surface area contributed by atoms with Gasteiger partial charge in [-0.05, 0) is 30.2 Å². The summed E-state index contributed by atoms with van der Waals surface area (Å²) in [4.78, 5) is 26.7. The lowest BCUT2D eigenvalue weighted by Crippen LogP contribution is -2.30. The van der Waals surface area contributed by atoms with Crippen molar-refractivity contribution in [3.8, 4) is 5.75 Å². The van der Waals surface area contributed by atoms with Gasteiger partial charge in [0.15, 0.2) is 0 Å². The Bertz CT molecular complexity index is 935. The van der Waals surface area contributed by atoms with Crippen LogP contribution in [0.1, 0.15) is 17.5 Å². The molecule has 0 saturated carbocycles. The smallest absolute Gasteiger partial charge is 0.416 e.